The van der Waals surface area contributed by atoms with E-state index in [2.05, 4.69) is 42.5 Å². The van der Waals surface area contributed by atoms with Gasteiger partial charge in [0.05, 0.1) is 39.6 Å². The SMILES string of the molecule is OCCOCCOc1cc2ccccc2c(-c2cccc3ccccc23)c1OCCOCCO. The lowest BCUT2D eigenvalue weighted by Crippen LogP contribution is -2.12. The van der Waals surface area contributed by atoms with Crippen molar-refractivity contribution in [2.24, 2.45) is 0 Å². The van der Waals surface area contributed by atoms with Crippen LogP contribution in [-0.4, -0.2) is 63.1 Å². The van der Waals surface area contributed by atoms with Crippen LogP contribution < -0.4 is 9.47 Å². The average Bonchev–Trinajstić information content (AvgIpc) is 2.88. The molecule has 4 aromatic rings. The molecule has 4 aromatic carbocycles. The molecule has 2 N–H and O–H groups in total. The minimum atomic E-state index is -0.0283. The van der Waals surface area contributed by atoms with Crippen LogP contribution in [0.4, 0.5) is 0 Å². The van der Waals surface area contributed by atoms with E-state index in [4.69, 9.17) is 29.2 Å². The van der Waals surface area contributed by atoms with E-state index in [1.54, 1.807) is 0 Å². The molecule has 0 aromatic heterocycles. The first kappa shape index (κ1) is 24.0. The topological polar surface area (TPSA) is 77.4 Å². The number of benzene rings is 4. The summed E-state index contributed by atoms with van der Waals surface area (Å²) in [6, 6.07) is 24.7. The lowest BCUT2D eigenvalue weighted by Gasteiger charge is -2.20. The molecular weight excluding hydrogens is 432 g/mol. The van der Waals surface area contributed by atoms with Gasteiger partial charge in [0.15, 0.2) is 11.5 Å². The fraction of sp³-hybridized carbons (Fsp3) is 0.286. The highest BCUT2D eigenvalue weighted by Crippen LogP contribution is 2.46. The van der Waals surface area contributed by atoms with Crippen molar-refractivity contribution in [2.75, 3.05) is 52.9 Å². The monoisotopic (exact) mass is 462 g/mol. The zero-order valence-corrected chi connectivity index (χ0v) is 19.1. The zero-order valence-electron chi connectivity index (χ0n) is 19.1. The second-order valence-electron chi connectivity index (χ2n) is 7.70. The van der Waals surface area contributed by atoms with Gasteiger partial charge in [-0.05, 0) is 33.2 Å². The molecule has 0 aliphatic rings. The number of aliphatic hydroxyl groups is 2. The van der Waals surface area contributed by atoms with Crippen LogP contribution in [0.5, 0.6) is 11.5 Å². The fourth-order valence-electron chi connectivity index (χ4n) is 4.01. The standard InChI is InChI=1S/C28H30O6/c29-12-14-31-16-18-33-26-20-22-7-2-4-10-24(22)27(28(26)34-19-17-32-15-13-30)25-11-5-8-21-6-1-3-9-23(21)25/h1-11,20,29-30H,12-19H2. The summed E-state index contributed by atoms with van der Waals surface area (Å²) in [7, 11) is 0. The van der Waals surface area contributed by atoms with Crippen molar-refractivity contribution in [1.82, 2.24) is 0 Å². The number of fused-ring (bicyclic) bond motifs is 2. The van der Waals surface area contributed by atoms with Crippen LogP contribution in [0.1, 0.15) is 0 Å². The third-order valence-corrected chi connectivity index (χ3v) is 5.46. The van der Waals surface area contributed by atoms with Gasteiger partial charge in [-0.3, -0.25) is 0 Å². The van der Waals surface area contributed by atoms with Gasteiger partial charge in [0.2, 0.25) is 0 Å². The van der Waals surface area contributed by atoms with Crippen molar-refractivity contribution in [3.63, 3.8) is 0 Å². The van der Waals surface area contributed by atoms with Crippen LogP contribution in [0.2, 0.25) is 0 Å². The molecule has 0 amide bonds. The molecule has 0 spiro atoms. The van der Waals surface area contributed by atoms with Crippen molar-refractivity contribution in [1.29, 1.82) is 0 Å². The van der Waals surface area contributed by atoms with Crippen LogP contribution in [-0.2, 0) is 9.47 Å². The first-order valence-corrected chi connectivity index (χ1v) is 11.5. The number of hydrogen-bond acceptors (Lipinski definition) is 6. The first-order valence-electron chi connectivity index (χ1n) is 11.5. The van der Waals surface area contributed by atoms with Crippen molar-refractivity contribution >= 4 is 21.5 Å². The summed E-state index contributed by atoms with van der Waals surface area (Å²) in [6.45, 7) is 1.83. The highest BCUT2D eigenvalue weighted by molar-refractivity contribution is 6.08. The van der Waals surface area contributed by atoms with Crippen molar-refractivity contribution < 1.29 is 29.2 Å². The molecule has 34 heavy (non-hydrogen) atoms. The minimum Gasteiger partial charge on any atom is -0.487 e. The fourth-order valence-corrected chi connectivity index (χ4v) is 4.01. The van der Waals surface area contributed by atoms with Gasteiger partial charge >= 0.3 is 0 Å². The molecule has 178 valence electrons. The van der Waals surface area contributed by atoms with E-state index in [0.29, 0.717) is 37.9 Å². The Kier molecular flexibility index (Phi) is 8.71. The summed E-state index contributed by atoms with van der Waals surface area (Å²) >= 11 is 0. The number of aliphatic hydroxyl groups excluding tert-OH is 2. The Balaban J connectivity index is 1.80. The van der Waals surface area contributed by atoms with Gasteiger partial charge in [0.25, 0.3) is 0 Å². The van der Waals surface area contributed by atoms with Gasteiger partial charge in [-0.2, -0.15) is 0 Å². The van der Waals surface area contributed by atoms with E-state index in [9.17, 15) is 0 Å². The van der Waals surface area contributed by atoms with Gasteiger partial charge < -0.3 is 29.2 Å². The van der Waals surface area contributed by atoms with Crippen LogP contribution in [0.25, 0.3) is 32.7 Å². The van der Waals surface area contributed by atoms with Gasteiger partial charge in [-0.15, -0.1) is 0 Å². The van der Waals surface area contributed by atoms with Crippen LogP contribution in [0.15, 0.2) is 72.8 Å². The second kappa shape index (κ2) is 12.3. The molecule has 0 radical (unpaired) electrons. The summed E-state index contributed by atoms with van der Waals surface area (Å²) in [5.41, 5.74) is 2.02. The quantitative estimate of drug-likeness (QED) is 0.286. The van der Waals surface area contributed by atoms with E-state index in [0.717, 1.165) is 32.7 Å². The highest BCUT2D eigenvalue weighted by atomic mass is 16.6. The predicted molar refractivity (Wildman–Crippen MR) is 134 cm³/mol. The molecule has 0 aliphatic carbocycles. The Hall–Kier alpha value is -3.16. The molecule has 6 heteroatoms. The van der Waals surface area contributed by atoms with E-state index < -0.39 is 0 Å². The largest absolute Gasteiger partial charge is 0.487 e. The average molecular weight is 463 g/mol. The molecule has 4 rings (SSSR count). The molecule has 0 saturated heterocycles. The van der Waals surface area contributed by atoms with Gasteiger partial charge in [-0.1, -0.05) is 66.7 Å². The molecule has 0 aliphatic heterocycles. The Morgan fingerprint density at radius 3 is 1.91 bits per heavy atom. The highest BCUT2D eigenvalue weighted by Gasteiger charge is 2.19. The van der Waals surface area contributed by atoms with E-state index in [1.165, 1.54) is 0 Å². The number of ether oxygens (including phenoxy) is 4. The smallest absolute Gasteiger partial charge is 0.169 e. The Morgan fingerprint density at radius 2 is 1.18 bits per heavy atom. The lowest BCUT2D eigenvalue weighted by atomic mass is 9.92. The first-order chi connectivity index (χ1) is 16.8. The van der Waals surface area contributed by atoms with Gasteiger partial charge in [-0.25, -0.2) is 0 Å². The summed E-state index contributed by atoms with van der Waals surface area (Å²) in [6.07, 6.45) is 0. The van der Waals surface area contributed by atoms with Gasteiger partial charge in [0, 0.05) is 5.56 Å². The Morgan fingerprint density at radius 1 is 0.559 bits per heavy atom. The lowest BCUT2D eigenvalue weighted by molar-refractivity contribution is 0.0646. The maximum atomic E-state index is 8.98. The van der Waals surface area contributed by atoms with Crippen LogP contribution in [0, 0.1) is 0 Å². The zero-order chi connectivity index (χ0) is 23.6. The third kappa shape index (κ3) is 5.66. The maximum Gasteiger partial charge on any atom is 0.169 e. The van der Waals surface area contributed by atoms with E-state index in [1.807, 2.05) is 30.3 Å². The van der Waals surface area contributed by atoms with Crippen molar-refractivity contribution in [2.45, 2.75) is 0 Å². The molecule has 6 nitrogen and oxygen atoms in total. The van der Waals surface area contributed by atoms with Crippen LogP contribution >= 0.6 is 0 Å². The van der Waals surface area contributed by atoms with Crippen molar-refractivity contribution in [3.8, 4) is 22.6 Å². The van der Waals surface area contributed by atoms with E-state index in [-0.39, 0.29) is 26.4 Å². The van der Waals surface area contributed by atoms with Gasteiger partial charge in [0.1, 0.15) is 13.2 Å². The summed E-state index contributed by atoms with van der Waals surface area (Å²) in [5.74, 6) is 1.27. The van der Waals surface area contributed by atoms with E-state index >= 15 is 0 Å². The minimum absolute atomic E-state index is 0.0244. The molecular formula is C28H30O6. The second-order valence-corrected chi connectivity index (χ2v) is 7.70. The number of rotatable bonds is 13. The summed E-state index contributed by atoms with van der Waals surface area (Å²) in [4.78, 5) is 0. The Bertz CT molecular complexity index is 1200. The molecule has 0 fully saturated rings. The Labute approximate surface area is 199 Å². The molecule has 0 atom stereocenters. The van der Waals surface area contributed by atoms with Crippen molar-refractivity contribution in [3.05, 3.63) is 72.8 Å². The van der Waals surface area contributed by atoms with Crippen LogP contribution in [0.3, 0.4) is 0 Å². The molecule has 0 bridgehead atoms. The summed E-state index contributed by atoms with van der Waals surface area (Å²) < 4.78 is 23.2. The molecule has 0 saturated carbocycles. The maximum absolute atomic E-state index is 8.98. The third-order valence-electron chi connectivity index (χ3n) is 5.46. The molecule has 0 unspecified atom stereocenters. The normalized spacial score (nSPS) is 11.2. The number of hydrogen-bond donors (Lipinski definition) is 2. The predicted octanol–water partition coefficient (Wildman–Crippen LogP) is 4.44. The summed E-state index contributed by atoms with van der Waals surface area (Å²) in [5, 5.41) is 22.3. The molecule has 0 heterocycles.